The Labute approximate surface area is 173 Å². The van der Waals surface area contributed by atoms with Crippen LogP contribution in [0.25, 0.3) is 22.3 Å². The Bertz CT molecular complexity index is 1170. The second-order valence-electron chi connectivity index (χ2n) is 6.91. The number of carbonyl (C=O) groups is 1. The highest BCUT2D eigenvalue weighted by Crippen LogP contribution is 2.31. The van der Waals surface area contributed by atoms with Crippen LogP contribution in [0.5, 0.6) is 11.5 Å². The average molecular weight is 402 g/mol. The molecule has 2 aromatic heterocycles. The van der Waals surface area contributed by atoms with Gasteiger partial charge in [0, 0.05) is 26.1 Å². The van der Waals surface area contributed by atoms with Crippen LogP contribution >= 0.6 is 0 Å². The molecule has 0 unspecified atom stereocenters. The van der Waals surface area contributed by atoms with Crippen molar-refractivity contribution in [3.8, 4) is 22.8 Å². The molecule has 0 saturated carbocycles. The number of benzene rings is 2. The second-order valence-corrected chi connectivity index (χ2v) is 6.91. The minimum Gasteiger partial charge on any atom is -0.457 e. The number of ether oxygens (including phenoxy) is 1. The summed E-state index contributed by atoms with van der Waals surface area (Å²) in [7, 11) is 1.75. The summed E-state index contributed by atoms with van der Waals surface area (Å²) in [5.74, 6) is 1.86. The Kier molecular flexibility index (Phi) is 5.30. The number of rotatable bonds is 6. The first kappa shape index (κ1) is 19.4. The molecule has 152 valence electrons. The maximum atomic E-state index is 11.5. The van der Waals surface area contributed by atoms with E-state index in [0.717, 1.165) is 17.1 Å². The van der Waals surface area contributed by atoms with Crippen molar-refractivity contribution in [2.24, 2.45) is 0 Å². The SMILES string of the molecule is CC(=O)N(C)CCn1nc(-c2ccc(Oc3ccccc3)cc2)c2c(N)ncnc21. The van der Waals surface area contributed by atoms with E-state index in [9.17, 15) is 4.79 Å². The molecule has 1 amide bonds. The number of amides is 1. The fraction of sp³-hybridized carbons (Fsp3) is 0.182. The molecule has 0 aliphatic carbocycles. The van der Waals surface area contributed by atoms with Gasteiger partial charge >= 0.3 is 0 Å². The fourth-order valence-corrected chi connectivity index (χ4v) is 3.10. The summed E-state index contributed by atoms with van der Waals surface area (Å²) in [5.41, 5.74) is 8.36. The number of aromatic nitrogens is 4. The number of nitrogens with two attached hydrogens (primary N) is 1. The van der Waals surface area contributed by atoms with Gasteiger partial charge in [-0.25, -0.2) is 14.6 Å². The smallest absolute Gasteiger partial charge is 0.219 e. The highest BCUT2D eigenvalue weighted by Gasteiger charge is 2.17. The molecular formula is C22H22N6O2. The van der Waals surface area contributed by atoms with Crippen molar-refractivity contribution in [1.29, 1.82) is 0 Å². The topological polar surface area (TPSA) is 99.2 Å². The molecule has 8 nitrogen and oxygen atoms in total. The molecule has 8 heteroatoms. The van der Waals surface area contributed by atoms with Gasteiger partial charge in [0.05, 0.1) is 11.9 Å². The van der Waals surface area contributed by atoms with Crippen LogP contribution in [0.1, 0.15) is 6.92 Å². The minimum atomic E-state index is -0.00479. The third-order valence-corrected chi connectivity index (χ3v) is 4.85. The quantitative estimate of drug-likeness (QED) is 0.531. The van der Waals surface area contributed by atoms with Gasteiger partial charge in [-0.2, -0.15) is 5.10 Å². The van der Waals surface area contributed by atoms with Crippen molar-refractivity contribution >= 4 is 22.8 Å². The normalized spacial score (nSPS) is 10.9. The number of anilines is 1. The first-order chi connectivity index (χ1) is 14.5. The van der Waals surface area contributed by atoms with Crippen molar-refractivity contribution < 1.29 is 9.53 Å². The molecule has 0 saturated heterocycles. The van der Waals surface area contributed by atoms with Gasteiger partial charge in [0.15, 0.2) is 5.65 Å². The van der Waals surface area contributed by atoms with Crippen LogP contribution in [0.15, 0.2) is 60.9 Å². The fourth-order valence-electron chi connectivity index (χ4n) is 3.10. The van der Waals surface area contributed by atoms with Crippen molar-refractivity contribution in [2.45, 2.75) is 13.5 Å². The number of para-hydroxylation sites is 1. The van der Waals surface area contributed by atoms with Crippen molar-refractivity contribution in [2.75, 3.05) is 19.3 Å². The van der Waals surface area contributed by atoms with E-state index in [4.69, 9.17) is 15.6 Å². The molecule has 0 fully saturated rings. The predicted molar refractivity (Wildman–Crippen MR) is 115 cm³/mol. The van der Waals surface area contributed by atoms with Crippen molar-refractivity contribution in [1.82, 2.24) is 24.6 Å². The van der Waals surface area contributed by atoms with Crippen LogP contribution in [0.2, 0.25) is 0 Å². The lowest BCUT2D eigenvalue weighted by atomic mass is 10.1. The molecular weight excluding hydrogens is 380 g/mol. The lowest BCUT2D eigenvalue weighted by Gasteiger charge is -2.14. The van der Waals surface area contributed by atoms with Gasteiger partial charge in [0.2, 0.25) is 5.91 Å². The standard InChI is InChI=1S/C22H22N6O2/c1-15(29)27(2)12-13-28-22-19(21(23)24-14-25-22)20(26-28)16-8-10-18(11-9-16)30-17-6-4-3-5-7-17/h3-11,14H,12-13H2,1-2H3,(H2,23,24,25). The highest BCUT2D eigenvalue weighted by atomic mass is 16.5. The highest BCUT2D eigenvalue weighted by molar-refractivity contribution is 5.98. The monoisotopic (exact) mass is 402 g/mol. The molecule has 0 aliphatic rings. The number of nitrogen functional groups attached to an aromatic ring is 1. The number of nitrogens with zero attached hydrogens (tertiary/aromatic N) is 5. The molecule has 0 aliphatic heterocycles. The van der Waals surface area contributed by atoms with Gasteiger partial charge in [-0.05, 0) is 36.4 Å². The van der Waals surface area contributed by atoms with Crippen LogP contribution in [-0.4, -0.2) is 44.1 Å². The van der Waals surface area contributed by atoms with Crippen LogP contribution in [-0.2, 0) is 11.3 Å². The third kappa shape index (κ3) is 3.93. The molecule has 2 N–H and O–H groups in total. The van der Waals surface area contributed by atoms with Crippen LogP contribution < -0.4 is 10.5 Å². The molecule has 0 atom stereocenters. The summed E-state index contributed by atoms with van der Waals surface area (Å²) in [6.07, 6.45) is 1.42. The first-order valence-electron chi connectivity index (χ1n) is 9.55. The van der Waals surface area contributed by atoms with E-state index in [1.54, 1.807) is 16.6 Å². The van der Waals surface area contributed by atoms with Crippen LogP contribution in [0, 0.1) is 0 Å². The van der Waals surface area contributed by atoms with Gasteiger partial charge in [-0.15, -0.1) is 0 Å². The summed E-state index contributed by atoms with van der Waals surface area (Å²) in [5, 5.41) is 5.41. The molecule has 0 bridgehead atoms. The summed E-state index contributed by atoms with van der Waals surface area (Å²) >= 11 is 0. The van der Waals surface area contributed by atoms with E-state index in [0.29, 0.717) is 35.6 Å². The van der Waals surface area contributed by atoms with Crippen LogP contribution in [0.3, 0.4) is 0 Å². The maximum absolute atomic E-state index is 11.5. The summed E-state index contributed by atoms with van der Waals surface area (Å²) in [6, 6.07) is 17.2. The lowest BCUT2D eigenvalue weighted by molar-refractivity contribution is -0.127. The van der Waals surface area contributed by atoms with E-state index in [1.807, 2.05) is 54.6 Å². The molecule has 2 aromatic carbocycles. The zero-order chi connectivity index (χ0) is 21.1. The van der Waals surface area contributed by atoms with Crippen molar-refractivity contribution in [3.63, 3.8) is 0 Å². The van der Waals surface area contributed by atoms with Gasteiger partial charge < -0.3 is 15.4 Å². The second kappa shape index (κ2) is 8.20. The molecule has 4 rings (SSSR count). The van der Waals surface area contributed by atoms with Gasteiger partial charge in [0.1, 0.15) is 29.3 Å². The third-order valence-electron chi connectivity index (χ3n) is 4.85. The lowest BCUT2D eigenvalue weighted by Crippen LogP contribution is -2.28. The Morgan fingerprint density at radius 3 is 2.47 bits per heavy atom. The molecule has 2 heterocycles. The van der Waals surface area contributed by atoms with Crippen LogP contribution in [0.4, 0.5) is 5.82 Å². The van der Waals surface area contributed by atoms with Gasteiger partial charge in [-0.3, -0.25) is 4.79 Å². The summed E-state index contributed by atoms with van der Waals surface area (Å²) in [4.78, 5) is 21.6. The minimum absolute atomic E-state index is 0.00479. The van der Waals surface area contributed by atoms with E-state index in [2.05, 4.69) is 9.97 Å². The average Bonchev–Trinajstić information content (AvgIpc) is 3.13. The molecule has 0 spiro atoms. The Morgan fingerprint density at radius 2 is 1.77 bits per heavy atom. The summed E-state index contributed by atoms with van der Waals surface area (Å²) in [6.45, 7) is 2.55. The first-order valence-corrected chi connectivity index (χ1v) is 9.55. The van der Waals surface area contributed by atoms with Gasteiger partial charge in [0.25, 0.3) is 0 Å². The number of carbonyl (C=O) groups excluding carboxylic acids is 1. The van der Waals surface area contributed by atoms with E-state index in [-0.39, 0.29) is 5.91 Å². The number of fused-ring (bicyclic) bond motifs is 1. The van der Waals surface area contributed by atoms with E-state index < -0.39 is 0 Å². The number of hydrogen-bond acceptors (Lipinski definition) is 6. The maximum Gasteiger partial charge on any atom is 0.219 e. The van der Waals surface area contributed by atoms with Crippen molar-refractivity contribution in [3.05, 3.63) is 60.9 Å². The summed E-state index contributed by atoms with van der Waals surface area (Å²) < 4.78 is 7.62. The number of hydrogen-bond donors (Lipinski definition) is 1. The number of likely N-dealkylation sites (N-methyl/N-ethyl adjacent to an activating group) is 1. The Balaban J connectivity index is 1.65. The largest absolute Gasteiger partial charge is 0.457 e. The molecule has 0 radical (unpaired) electrons. The van der Waals surface area contributed by atoms with E-state index in [1.165, 1.54) is 13.3 Å². The predicted octanol–water partition coefficient (Wildman–Crippen LogP) is 3.35. The van der Waals surface area contributed by atoms with Gasteiger partial charge in [-0.1, -0.05) is 18.2 Å². The van der Waals surface area contributed by atoms with E-state index >= 15 is 0 Å². The Morgan fingerprint density at radius 1 is 1.07 bits per heavy atom. The zero-order valence-electron chi connectivity index (χ0n) is 16.8. The molecule has 30 heavy (non-hydrogen) atoms. The zero-order valence-corrected chi connectivity index (χ0v) is 16.8. The Hall–Kier alpha value is -3.94. The molecule has 4 aromatic rings.